The molecule has 1 N–H and O–H groups in total. The van der Waals surface area contributed by atoms with Gasteiger partial charge in [0.05, 0.1) is 35.4 Å². The molecule has 0 saturated carbocycles. The van der Waals surface area contributed by atoms with Gasteiger partial charge in [0.25, 0.3) is 0 Å². The highest BCUT2D eigenvalue weighted by molar-refractivity contribution is 7.88. The first-order valence-electron chi connectivity index (χ1n) is 11.4. The smallest absolute Gasteiger partial charge is 0.247 e. The highest BCUT2D eigenvalue weighted by Gasteiger charge is 2.26. The van der Waals surface area contributed by atoms with Crippen LogP contribution in [-0.2, 0) is 17.1 Å². The number of fused-ring (bicyclic) bond motifs is 2. The molecule has 5 heterocycles. The van der Waals surface area contributed by atoms with E-state index < -0.39 is 10.0 Å². The predicted molar refractivity (Wildman–Crippen MR) is 133 cm³/mol. The van der Waals surface area contributed by atoms with Crippen molar-refractivity contribution in [2.45, 2.75) is 18.9 Å². The minimum Gasteiger partial charge on any atom is -0.320 e. The van der Waals surface area contributed by atoms with Gasteiger partial charge < -0.3 is 5.32 Å². The zero-order valence-electron chi connectivity index (χ0n) is 19.4. The van der Waals surface area contributed by atoms with Crippen LogP contribution in [0.25, 0.3) is 27.8 Å². The molecule has 35 heavy (non-hydrogen) atoms. The monoisotopic (exact) mass is 491 g/mol. The molecular weight excluding hydrogens is 466 g/mol. The highest BCUT2D eigenvalue weighted by Crippen LogP contribution is 2.29. The summed E-state index contributed by atoms with van der Waals surface area (Å²) in [4.78, 5) is 4.59. The van der Waals surface area contributed by atoms with Crippen molar-refractivity contribution in [3.63, 3.8) is 0 Å². The van der Waals surface area contributed by atoms with E-state index in [9.17, 15) is 8.42 Å². The lowest BCUT2D eigenvalue weighted by atomic mass is 10.1. The van der Waals surface area contributed by atoms with Crippen LogP contribution in [0.3, 0.4) is 0 Å². The summed E-state index contributed by atoms with van der Waals surface area (Å²) in [5.74, 6) is 0.500. The van der Waals surface area contributed by atoms with Crippen molar-refractivity contribution >= 4 is 38.2 Å². The maximum Gasteiger partial charge on any atom is 0.247 e. The van der Waals surface area contributed by atoms with Crippen LogP contribution in [0.5, 0.6) is 0 Å². The Labute approximate surface area is 202 Å². The number of piperidine rings is 1. The normalized spacial score (nSPS) is 15.8. The van der Waals surface area contributed by atoms with Crippen LogP contribution in [0, 0.1) is 0 Å². The lowest BCUT2D eigenvalue weighted by molar-refractivity contribution is 0.263. The van der Waals surface area contributed by atoms with Crippen LogP contribution in [0.1, 0.15) is 18.9 Å². The molecule has 12 heteroatoms. The third-order valence-electron chi connectivity index (χ3n) is 6.41. The lowest BCUT2D eigenvalue weighted by Gasteiger charge is -2.30. The van der Waals surface area contributed by atoms with E-state index in [0.717, 1.165) is 46.3 Å². The van der Waals surface area contributed by atoms with Crippen molar-refractivity contribution < 1.29 is 8.42 Å². The number of anilines is 2. The molecule has 0 amide bonds. The molecule has 11 nitrogen and oxygen atoms in total. The standard InChI is InChI=1S/C23H25N9O2S/c1-29-15-18(13-24-29)25-23-26-22-5-3-4-21(32(22)28-23)16-6-7-20-17(12-16)14-31(27-20)19-8-10-30(11-9-19)35(2,33)34/h3-7,12-15,19H,8-11H2,1-2H3,(H,25,28). The molecule has 6 rings (SSSR count). The lowest BCUT2D eigenvalue weighted by Crippen LogP contribution is -2.38. The van der Waals surface area contributed by atoms with Crippen molar-refractivity contribution in [1.82, 2.24) is 38.5 Å². The topological polar surface area (TPSA) is 115 Å². The van der Waals surface area contributed by atoms with Crippen LogP contribution >= 0.6 is 0 Å². The molecule has 1 fully saturated rings. The van der Waals surface area contributed by atoms with Gasteiger partial charge in [0.15, 0.2) is 5.65 Å². The number of aryl methyl sites for hydroxylation is 1. The molecule has 5 aromatic rings. The van der Waals surface area contributed by atoms with Crippen molar-refractivity contribution in [1.29, 1.82) is 0 Å². The summed E-state index contributed by atoms with van der Waals surface area (Å²) < 4.78 is 30.7. The molecule has 1 aliphatic rings. The van der Waals surface area contributed by atoms with E-state index in [0.29, 0.717) is 19.0 Å². The first-order valence-corrected chi connectivity index (χ1v) is 13.2. The average molecular weight is 492 g/mol. The number of aromatic nitrogens is 7. The summed E-state index contributed by atoms with van der Waals surface area (Å²) in [5, 5.41) is 17.8. The number of pyridine rings is 1. The number of rotatable bonds is 5. The summed E-state index contributed by atoms with van der Waals surface area (Å²) in [6.45, 7) is 1.04. The quantitative estimate of drug-likeness (QED) is 0.402. The number of sulfonamides is 1. The fraction of sp³-hybridized carbons (Fsp3) is 0.304. The van der Waals surface area contributed by atoms with Crippen LogP contribution in [0.4, 0.5) is 11.6 Å². The molecular formula is C23H25N9O2S. The molecule has 1 saturated heterocycles. The van der Waals surface area contributed by atoms with Gasteiger partial charge in [0, 0.05) is 43.5 Å². The Morgan fingerprint density at radius 3 is 2.63 bits per heavy atom. The molecule has 180 valence electrons. The van der Waals surface area contributed by atoms with Gasteiger partial charge in [-0.3, -0.25) is 9.36 Å². The van der Waals surface area contributed by atoms with Crippen molar-refractivity contribution in [3.05, 3.63) is 55.0 Å². The van der Waals surface area contributed by atoms with Gasteiger partial charge in [-0.2, -0.15) is 15.2 Å². The van der Waals surface area contributed by atoms with Gasteiger partial charge >= 0.3 is 0 Å². The third kappa shape index (κ3) is 4.15. The molecule has 0 spiro atoms. The molecule has 0 aliphatic carbocycles. The summed E-state index contributed by atoms with van der Waals surface area (Å²) in [6.07, 6.45) is 8.41. The second-order valence-electron chi connectivity index (χ2n) is 8.92. The molecule has 0 atom stereocenters. The Balaban J connectivity index is 1.29. The zero-order chi connectivity index (χ0) is 24.2. The largest absolute Gasteiger partial charge is 0.320 e. The Morgan fingerprint density at radius 1 is 1.06 bits per heavy atom. The highest BCUT2D eigenvalue weighted by atomic mass is 32.2. The minimum absolute atomic E-state index is 0.184. The van der Waals surface area contributed by atoms with Crippen LogP contribution in [0.15, 0.2) is 55.0 Å². The number of benzene rings is 1. The molecule has 0 radical (unpaired) electrons. The summed E-state index contributed by atoms with van der Waals surface area (Å²) >= 11 is 0. The summed E-state index contributed by atoms with van der Waals surface area (Å²) in [6, 6.07) is 12.2. The molecule has 0 bridgehead atoms. The van der Waals surface area contributed by atoms with Gasteiger partial charge in [-0.15, -0.1) is 5.10 Å². The van der Waals surface area contributed by atoms with E-state index in [2.05, 4.69) is 32.8 Å². The number of nitrogens with zero attached hydrogens (tertiary/aromatic N) is 8. The Morgan fingerprint density at radius 2 is 1.89 bits per heavy atom. The van der Waals surface area contributed by atoms with Crippen LogP contribution in [0.2, 0.25) is 0 Å². The van der Waals surface area contributed by atoms with Crippen molar-refractivity contribution in [2.75, 3.05) is 24.7 Å². The van der Waals surface area contributed by atoms with Crippen molar-refractivity contribution in [2.24, 2.45) is 7.05 Å². The molecule has 0 unspecified atom stereocenters. The number of hydrogen-bond donors (Lipinski definition) is 1. The maximum atomic E-state index is 11.8. The SMILES string of the molecule is Cn1cc(Nc2nc3cccc(-c4ccc5nn(C6CCN(S(C)(=O)=O)CC6)cc5c4)n3n2)cn1. The van der Waals surface area contributed by atoms with E-state index in [1.54, 1.807) is 15.2 Å². The van der Waals surface area contributed by atoms with E-state index in [4.69, 9.17) is 5.10 Å². The van der Waals surface area contributed by atoms with Gasteiger partial charge in [0.1, 0.15) is 0 Å². The zero-order valence-corrected chi connectivity index (χ0v) is 20.2. The van der Waals surface area contributed by atoms with E-state index in [1.807, 2.05) is 52.8 Å². The Hall–Kier alpha value is -3.77. The second-order valence-corrected chi connectivity index (χ2v) is 10.9. The molecule has 4 aromatic heterocycles. The molecule has 1 aliphatic heterocycles. The average Bonchev–Trinajstić information content (AvgIpc) is 3.55. The minimum atomic E-state index is -3.14. The van der Waals surface area contributed by atoms with E-state index in [-0.39, 0.29) is 6.04 Å². The van der Waals surface area contributed by atoms with Crippen LogP contribution < -0.4 is 5.32 Å². The fourth-order valence-corrected chi connectivity index (χ4v) is 5.50. The van der Waals surface area contributed by atoms with Gasteiger partial charge in [-0.1, -0.05) is 12.1 Å². The summed E-state index contributed by atoms with van der Waals surface area (Å²) in [5.41, 5.74) is 4.39. The van der Waals surface area contributed by atoms with Gasteiger partial charge in [0.2, 0.25) is 16.0 Å². The maximum absolute atomic E-state index is 11.8. The first kappa shape index (κ1) is 21.7. The van der Waals surface area contributed by atoms with Crippen molar-refractivity contribution in [3.8, 4) is 11.3 Å². The van der Waals surface area contributed by atoms with Gasteiger partial charge in [-0.25, -0.2) is 17.2 Å². The summed E-state index contributed by atoms with van der Waals surface area (Å²) in [7, 11) is -1.29. The first-order chi connectivity index (χ1) is 16.8. The third-order valence-corrected chi connectivity index (χ3v) is 7.71. The predicted octanol–water partition coefficient (Wildman–Crippen LogP) is 2.82. The second kappa shape index (κ2) is 8.17. The Bertz CT molecular complexity index is 1640. The number of nitrogens with one attached hydrogen (secondary N) is 1. The van der Waals surface area contributed by atoms with Crippen LogP contribution in [-0.4, -0.2) is 66.2 Å². The Kier molecular flexibility index (Phi) is 5.07. The fourth-order valence-electron chi connectivity index (χ4n) is 4.62. The molecule has 1 aromatic carbocycles. The van der Waals surface area contributed by atoms with E-state index >= 15 is 0 Å². The van der Waals surface area contributed by atoms with E-state index in [1.165, 1.54) is 6.26 Å². The van der Waals surface area contributed by atoms with Gasteiger partial charge in [-0.05, 0) is 37.1 Å². The number of hydrogen-bond acceptors (Lipinski definition) is 7.